The number of anilines is 2. The van der Waals surface area contributed by atoms with E-state index < -0.39 is 10.0 Å². The lowest BCUT2D eigenvalue weighted by atomic mass is 10.2. The summed E-state index contributed by atoms with van der Waals surface area (Å²) < 4.78 is 26.7. The molecule has 6 nitrogen and oxygen atoms in total. The number of nitriles is 1. The Morgan fingerprint density at radius 1 is 1.35 bits per heavy atom. The Balaban J connectivity index is 2.42. The lowest BCUT2D eigenvalue weighted by Gasteiger charge is -2.10. The lowest BCUT2D eigenvalue weighted by molar-refractivity contribution is 0.601. The number of pyridine rings is 1. The van der Waals surface area contributed by atoms with Crippen molar-refractivity contribution in [1.29, 1.82) is 5.26 Å². The predicted octanol–water partition coefficient (Wildman–Crippen LogP) is 1.99. The Bertz CT molecular complexity index is 799. The van der Waals surface area contributed by atoms with Crippen LogP contribution in [0, 0.1) is 11.3 Å². The highest BCUT2D eigenvalue weighted by Crippen LogP contribution is 2.25. The zero-order valence-electron chi connectivity index (χ0n) is 10.0. The monoisotopic (exact) mass is 308 g/mol. The zero-order valence-corrected chi connectivity index (χ0v) is 11.6. The molecule has 102 valence electrons. The second kappa shape index (κ2) is 5.36. The molecule has 1 aromatic heterocycles. The van der Waals surface area contributed by atoms with Gasteiger partial charge in [-0.05, 0) is 30.3 Å². The smallest absolute Gasteiger partial charge is 0.265 e. The molecule has 0 unspecified atom stereocenters. The molecule has 3 N–H and O–H groups in total. The molecule has 0 fully saturated rings. The molecule has 0 amide bonds. The molecule has 0 saturated carbocycles. The number of nitrogens with one attached hydrogen (secondary N) is 1. The summed E-state index contributed by atoms with van der Waals surface area (Å²) in [5.41, 5.74) is 5.90. The summed E-state index contributed by atoms with van der Waals surface area (Å²) in [6, 6.07) is 8.87. The molecule has 20 heavy (non-hydrogen) atoms. The van der Waals surface area contributed by atoms with Gasteiger partial charge in [-0.1, -0.05) is 11.6 Å². The van der Waals surface area contributed by atoms with Crippen molar-refractivity contribution in [3.63, 3.8) is 0 Å². The number of benzene rings is 1. The first kappa shape index (κ1) is 14.1. The minimum Gasteiger partial charge on any atom is -0.398 e. The van der Waals surface area contributed by atoms with E-state index in [0.29, 0.717) is 0 Å². The average molecular weight is 309 g/mol. The van der Waals surface area contributed by atoms with E-state index >= 15 is 0 Å². The van der Waals surface area contributed by atoms with Crippen molar-refractivity contribution in [2.45, 2.75) is 4.90 Å². The number of hydrogen-bond acceptors (Lipinski definition) is 5. The van der Waals surface area contributed by atoms with Gasteiger partial charge in [-0.15, -0.1) is 0 Å². The molecule has 0 saturated heterocycles. The van der Waals surface area contributed by atoms with Gasteiger partial charge in [-0.2, -0.15) is 5.26 Å². The van der Waals surface area contributed by atoms with Gasteiger partial charge in [0.25, 0.3) is 10.0 Å². The van der Waals surface area contributed by atoms with Gasteiger partial charge in [-0.3, -0.25) is 4.72 Å². The summed E-state index contributed by atoms with van der Waals surface area (Å²) in [7, 11) is -3.92. The highest BCUT2D eigenvalue weighted by Gasteiger charge is 2.19. The van der Waals surface area contributed by atoms with Crippen molar-refractivity contribution in [3.8, 4) is 6.07 Å². The Hall–Kier alpha value is -2.30. The average Bonchev–Trinajstić information content (AvgIpc) is 2.40. The Morgan fingerprint density at radius 3 is 2.70 bits per heavy atom. The summed E-state index contributed by atoms with van der Waals surface area (Å²) >= 11 is 5.84. The van der Waals surface area contributed by atoms with Gasteiger partial charge >= 0.3 is 0 Å². The first-order chi connectivity index (χ1) is 9.44. The summed E-state index contributed by atoms with van der Waals surface area (Å²) in [5, 5.41) is 8.90. The molecule has 2 rings (SSSR count). The van der Waals surface area contributed by atoms with E-state index in [2.05, 4.69) is 9.71 Å². The van der Waals surface area contributed by atoms with Crippen molar-refractivity contribution in [2.24, 2.45) is 0 Å². The fraction of sp³-hybridized carbons (Fsp3) is 0. The molecule has 0 spiro atoms. The summed E-state index contributed by atoms with van der Waals surface area (Å²) in [6.45, 7) is 0. The third-order valence-corrected chi connectivity index (χ3v) is 4.14. The number of nitrogen functional groups attached to an aromatic ring is 1. The third kappa shape index (κ3) is 2.82. The fourth-order valence-corrected chi connectivity index (χ4v) is 2.87. The fourth-order valence-electron chi connectivity index (χ4n) is 1.51. The molecule has 1 aromatic carbocycles. The number of nitrogens with zero attached hydrogens (tertiary/aromatic N) is 2. The second-order valence-electron chi connectivity index (χ2n) is 3.80. The van der Waals surface area contributed by atoms with Crippen LogP contribution < -0.4 is 10.5 Å². The summed E-state index contributed by atoms with van der Waals surface area (Å²) in [5.74, 6) is 0.0120. The van der Waals surface area contributed by atoms with Gasteiger partial charge in [0.2, 0.25) is 0 Å². The van der Waals surface area contributed by atoms with Gasteiger partial charge in [0.15, 0.2) is 5.82 Å². The van der Waals surface area contributed by atoms with Crippen LogP contribution >= 0.6 is 11.6 Å². The topological polar surface area (TPSA) is 109 Å². The number of nitrogens with two attached hydrogens (primary N) is 1. The van der Waals surface area contributed by atoms with Gasteiger partial charge in [0, 0.05) is 6.20 Å². The van der Waals surface area contributed by atoms with E-state index in [9.17, 15) is 8.42 Å². The highest BCUT2D eigenvalue weighted by molar-refractivity contribution is 7.92. The van der Waals surface area contributed by atoms with Crippen LogP contribution in [0.3, 0.4) is 0 Å². The van der Waals surface area contributed by atoms with E-state index in [1.54, 1.807) is 6.07 Å². The van der Waals surface area contributed by atoms with Crippen molar-refractivity contribution in [1.82, 2.24) is 4.98 Å². The number of rotatable bonds is 3. The maximum atomic E-state index is 12.2. The maximum Gasteiger partial charge on any atom is 0.265 e. The van der Waals surface area contributed by atoms with Crippen LogP contribution in [0.1, 0.15) is 5.56 Å². The van der Waals surface area contributed by atoms with Crippen LogP contribution in [0.25, 0.3) is 0 Å². The molecule has 0 radical (unpaired) electrons. The first-order valence-corrected chi connectivity index (χ1v) is 7.23. The van der Waals surface area contributed by atoms with Crippen molar-refractivity contribution >= 4 is 33.1 Å². The molecule has 0 bridgehead atoms. The standard InChI is InChI=1S/C12H9ClN4O2S/c13-9-2-1-5-16-12(9)17-20(18,19)11-4-3-8(7-14)6-10(11)15/h1-6H,15H2,(H,16,17). The zero-order chi connectivity index (χ0) is 14.8. The molecule has 0 aliphatic rings. The van der Waals surface area contributed by atoms with E-state index in [0.717, 1.165) is 0 Å². The van der Waals surface area contributed by atoms with Crippen molar-refractivity contribution < 1.29 is 8.42 Å². The number of halogens is 1. The van der Waals surface area contributed by atoms with E-state index in [4.69, 9.17) is 22.6 Å². The Labute approximate surface area is 120 Å². The van der Waals surface area contributed by atoms with Gasteiger partial charge in [0.1, 0.15) is 4.90 Å². The molecule has 0 aliphatic heterocycles. The normalized spacial score (nSPS) is 10.8. The van der Waals surface area contributed by atoms with E-state index in [1.165, 1.54) is 30.5 Å². The van der Waals surface area contributed by atoms with Crippen LogP contribution in [-0.2, 0) is 10.0 Å². The lowest BCUT2D eigenvalue weighted by Crippen LogP contribution is -2.16. The van der Waals surface area contributed by atoms with Gasteiger partial charge < -0.3 is 5.73 Å². The summed E-state index contributed by atoms with van der Waals surface area (Å²) in [6.07, 6.45) is 1.41. The number of sulfonamides is 1. The first-order valence-electron chi connectivity index (χ1n) is 5.37. The van der Waals surface area contributed by atoms with E-state index in [-0.39, 0.29) is 27.0 Å². The Morgan fingerprint density at radius 2 is 2.10 bits per heavy atom. The molecular formula is C12H9ClN4O2S. The summed E-state index contributed by atoms with van der Waals surface area (Å²) in [4.78, 5) is 3.70. The molecule has 0 atom stereocenters. The SMILES string of the molecule is N#Cc1ccc(S(=O)(=O)Nc2ncccc2Cl)c(N)c1. The Kier molecular flexibility index (Phi) is 3.79. The largest absolute Gasteiger partial charge is 0.398 e. The van der Waals surface area contributed by atoms with Crippen LogP contribution in [-0.4, -0.2) is 13.4 Å². The van der Waals surface area contributed by atoms with E-state index in [1.807, 2.05) is 6.07 Å². The van der Waals surface area contributed by atoms with Crippen molar-refractivity contribution in [2.75, 3.05) is 10.5 Å². The van der Waals surface area contributed by atoms with Gasteiger partial charge in [0.05, 0.1) is 22.3 Å². The van der Waals surface area contributed by atoms with Crippen LogP contribution in [0.5, 0.6) is 0 Å². The minimum absolute atomic E-state index is 0.0120. The number of aromatic nitrogens is 1. The molecular weight excluding hydrogens is 300 g/mol. The van der Waals surface area contributed by atoms with Gasteiger partial charge in [-0.25, -0.2) is 13.4 Å². The van der Waals surface area contributed by atoms with Crippen LogP contribution in [0.15, 0.2) is 41.4 Å². The third-order valence-electron chi connectivity index (χ3n) is 2.42. The number of hydrogen-bond donors (Lipinski definition) is 2. The highest BCUT2D eigenvalue weighted by atomic mass is 35.5. The second-order valence-corrected chi connectivity index (χ2v) is 5.86. The molecule has 1 heterocycles. The van der Waals surface area contributed by atoms with Crippen LogP contribution in [0.2, 0.25) is 5.02 Å². The molecule has 0 aliphatic carbocycles. The predicted molar refractivity (Wildman–Crippen MR) is 75.6 cm³/mol. The van der Waals surface area contributed by atoms with Crippen LogP contribution in [0.4, 0.5) is 11.5 Å². The molecule has 2 aromatic rings. The minimum atomic E-state index is -3.92. The molecule has 8 heteroatoms. The van der Waals surface area contributed by atoms with Crippen molar-refractivity contribution in [3.05, 3.63) is 47.1 Å². The maximum absolute atomic E-state index is 12.2. The quantitative estimate of drug-likeness (QED) is 0.843.